The molecule has 18 heavy (non-hydrogen) atoms. The van der Waals surface area contributed by atoms with Gasteiger partial charge in [-0.1, -0.05) is 77.0 Å². The first-order chi connectivity index (χ1) is 8.51. The van der Waals surface area contributed by atoms with Crippen molar-refractivity contribution < 1.29 is 0 Å². The smallest absolute Gasteiger partial charge is 0.0230 e. The molecule has 0 aliphatic rings. The van der Waals surface area contributed by atoms with Gasteiger partial charge in [-0.15, -0.1) is 0 Å². The summed E-state index contributed by atoms with van der Waals surface area (Å²) in [4.78, 5) is 0. The Morgan fingerprint density at radius 1 is 1.00 bits per heavy atom. The molecule has 0 heterocycles. The highest BCUT2D eigenvalue weighted by Gasteiger charge is 2.10. The number of unbranched alkanes of at least 4 members (excludes halogenated alkanes) is 3. The molecule has 1 rings (SSSR count). The number of rotatable bonds is 6. The first-order valence-electron chi connectivity index (χ1n) is 7.27. The molecule has 0 unspecified atom stereocenters. The summed E-state index contributed by atoms with van der Waals surface area (Å²) < 4.78 is 0. The monoisotopic (exact) mass is 244 g/mol. The van der Waals surface area contributed by atoms with Crippen molar-refractivity contribution in [3.05, 3.63) is 41.5 Å². The van der Waals surface area contributed by atoms with Crippen LogP contribution in [0.15, 0.2) is 30.3 Å². The third-order valence-electron chi connectivity index (χ3n) is 3.00. The molecule has 0 N–H and O–H groups in total. The van der Waals surface area contributed by atoms with Gasteiger partial charge in [0, 0.05) is 0 Å². The maximum absolute atomic E-state index is 2.30. The van der Waals surface area contributed by atoms with Crippen molar-refractivity contribution in [3.63, 3.8) is 0 Å². The van der Waals surface area contributed by atoms with Gasteiger partial charge in [0.15, 0.2) is 0 Å². The Hall–Kier alpha value is -1.04. The predicted octanol–water partition coefficient (Wildman–Crippen LogP) is 5.87. The molecule has 0 radical (unpaired) electrons. The van der Waals surface area contributed by atoms with E-state index in [-0.39, 0.29) is 0 Å². The minimum atomic E-state index is 0.373. The second-order valence-electron chi connectivity index (χ2n) is 6.38. The van der Waals surface area contributed by atoms with E-state index in [0.29, 0.717) is 5.41 Å². The van der Waals surface area contributed by atoms with Gasteiger partial charge in [0.05, 0.1) is 0 Å². The second kappa shape index (κ2) is 7.41. The Morgan fingerprint density at radius 2 is 1.67 bits per heavy atom. The van der Waals surface area contributed by atoms with Crippen molar-refractivity contribution in [1.82, 2.24) is 0 Å². The van der Waals surface area contributed by atoms with Crippen LogP contribution in [0.4, 0.5) is 0 Å². The Labute approximate surface area is 113 Å². The molecule has 0 saturated heterocycles. The lowest BCUT2D eigenvalue weighted by Gasteiger charge is -2.17. The Balaban J connectivity index is 2.45. The molecule has 0 saturated carbocycles. The Bertz CT molecular complexity index is 349. The minimum absolute atomic E-state index is 0.373. The summed E-state index contributed by atoms with van der Waals surface area (Å²) >= 11 is 0. The maximum atomic E-state index is 2.30. The largest absolute Gasteiger partial charge is 0.0839 e. The van der Waals surface area contributed by atoms with Gasteiger partial charge in [0.25, 0.3) is 0 Å². The van der Waals surface area contributed by atoms with Gasteiger partial charge < -0.3 is 0 Å². The molecule has 0 bridgehead atoms. The van der Waals surface area contributed by atoms with Crippen molar-refractivity contribution in [3.8, 4) is 0 Å². The standard InChI is InChI=1S/C18H28/c1-5-6-7-8-9-10-16-11-13-17(14-12-16)15-18(2,3)4/h9-14H,5-8,15H2,1-4H3. The average molecular weight is 244 g/mol. The Morgan fingerprint density at radius 3 is 2.22 bits per heavy atom. The summed E-state index contributed by atoms with van der Waals surface area (Å²) in [6, 6.07) is 8.99. The summed E-state index contributed by atoms with van der Waals surface area (Å²) in [5.74, 6) is 0. The average Bonchev–Trinajstić information content (AvgIpc) is 2.29. The molecule has 0 amide bonds. The lowest BCUT2D eigenvalue weighted by molar-refractivity contribution is 0.411. The van der Waals surface area contributed by atoms with E-state index >= 15 is 0 Å². The molecule has 0 aliphatic heterocycles. The fourth-order valence-electron chi connectivity index (χ4n) is 2.09. The zero-order valence-corrected chi connectivity index (χ0v) is 12.5. The highest BCUT2D eigenvalue weighted by molar-refractivity contribution is 5.49. The van der Waals surface area contributed by atoms with Crippen LogP contribution in [0.1, 0.15) is 64.5 Å². The summed E-state index contributed by atoms with van der Waals surface area (Å²) in [6.45, 7) is 9.11. The van der Waals surface area contributed by atoms with E-state index in [9.17, 15) is 0 Å². The molecular weight excluding hydrogens is 216 g/mol. The zero-order chi connectivity index (χ0) is 13.4. The first kappa shape index (κ1) is 15.0. The van der Waals surface area contributed by atoms with Crippen molar-refractivity contribution in [2.75, 3.05) is 0 Å². The summed E-state index contributed by atoms with van der Waals surface area (Å²) in [5.41, 5.74) is 3.13. The lowest BCUT2D eigenvalue weighted by Crippen LogP contribution is -2.08. The fourth-order valence-corrected chi connectivity index (χ4v) is 2.09. The third-order valence-corrected chi connectivity index (χ3v) is 3.00. The summed E-state index contributed by atoms with van der Waals surface area (Å²) in [6.07, 6.45) is 10.9. The zero-order valence-electron chi connectivity index (χ0n) is 12.5. The predicted molar refractivity (Wildman–Crippen MR) is 82.8 cm³/mol. The minimum Gasteiger partial charge on any atom is -0.0839 e. The SMILES string of the molecule is CCCCCC=Cc1ccc(CC(C)(C)C)cc1. The van der Waals surface area contributed by atoms with Crippen LogP contribution in [0.2, 0.25) is 0 Å². The normalized spacial score (nSPS) is 12.2. The summed E-state index contributed by atoms with van der Waals surface area (Å²) in [7, 11) is 0. The molecule has 100 valence electrons. The molecule has 0 nitrogen and oxygen atoms in total. The number of benzene rings is 1. The fraction of sp³-hybridized carbons (Fsp3) is 0.556. The molecule has 1 aromatic carbocycles. The van der Waals surface area contributed by atoms with E-state index in [1.807, 2.05) is 0 Å². The molecule has 0 atom stereocenters. The van der Waals surface area contributed by atoms with Crippen LogP contribution in [0.5, 0.6) is 0 Å². The molecule has 1 aromatic rings. The second-order valence-corrected chi connectivity index (χ2v) is 6.38. The highest BCUT2D eigenvalue weighted by atomic mass is 14.2. The van der Waals surface area contributed by atoms with E-state index in [0.717, 1.165) is 6.42 Å². The van der Waals surface area contributed by atoms with E-state index in [1.165, 1.54) is 36.8 Å². The molecule has 0 spiro atoms. The van der Waals surface area contributed by atoms with E-state index in [1.54, 1.807) is 0 Å². The first-order valence-corrected chi connectivity index (χ1v) is 7.27. The van der Waals surface area contributed by atoms with Gasteiger partial charge >= 0.3 is 0 Å². The van der Waals surface area contributed by atoms with Gasteiger partial charge in [-0.2, -0.15) is 0 Å². The van der Waals surface area contributed by atoms with Gasteiger partial charge in [0.2, 0.25) is 0 Å². The van der Waals surface area contributed by atoms with Crippen LogP contribution < -0.4 is 0 Å². The van der Waals surface area contributed by atoms with Gasteiger partial charge in [-0.05, 0) is 35.8 Å². The molecule has 0 heteroatoms. The topological polar surface area (TPSA) is 0 Å². The highest BCUT2D eigenvalue weighted by Crippen LogP contribution is 2.20. The van der Waals surface area contributed by atoms with Crippen LogP contribution in [-0.4, -0.2) is 0 Å². The maximum Gasteiger partial charge on any atom is -0.0230 e. The molecule has 0 fully saturated rings. The van der Waals surface area contributed by atoms with Crippen LogP contribution in [0.25, 0.3) is 6.08 Å². The van der Waals surface area contributed by atoms with Crippen LogP contribution in [0.3, 0.4) is 0 Å². The van der Waals surface area contributed by atoms with E-state index in [2.05, 4.69) is 64.1 Å². The summed E-state index contributed by atoms with van der Waals surface area (Å²) in [5, 5.41) is 0. The number of allylic oxidation sites excluding steroid dienone is 1. The van der Waals surface area contributed by atoms with Crippen LogP contribution in [-0.2, 0) is 6.42 Å². The van der Waals surface area contributed by atoms with Crippen molar-refractivity contribution in [2.24, 2.45) is 5.41 Å². The third kappa shape index (κ3) is 6.64. The van der Waals surface area contributed by atoms with Gasteiger partial charge in [-0.3, -0.25) is 0 Å². The van der Waals surface area contributed by atoms with E-state index < -0.39 is 0 Å². The van der Waals surface area contributed by atoms with Gasteiger partial charge in [0.1, 0.15) is 0 Å². The molecule has 0 aliphatic carbocycles. The number of hydrogen-bond donors (Lipinski definition) is 0. The quantitative estimate of drug-likeness (QED) is 0.549. The van der Waals surface area contributed by atoms with Crippen molar-refractivity contribution in [1.29, 1.82) is 0 Å². The van der Waals surface area contributed by atoms with E-state index in [4.69, 9.17) is 0 Å². The van der Waals surface area contributed by atoms with Crippen LogP contribution >= 0.6 is 0 Å². The van der Waals surface area contributed by atoms with Gasteiger partial charge in [-0.25, -0.2) is 0 Å². The van der Waals surface area contributed by atoms with Crippen molar-refractivity contribution >= 4 is 6.08 Å². The molecular formula is C18H28. The van der Waals surface area contributed by atoms with Crippen LogP contribution in [0, 0.1) is 5.41 Å². The molecule has 0 aromatic heterocycles. The van der Waals surface area contributed by atoms with Crippen molar-refractivity contribution in [2.45, 2.75) is 59.8 Å². The lowest BCUT2D eigenvalue weighted by atomic mass is 9.88. The number of hydrogen-bond acceptors (Lipinski definition) is 0. The Kier molecular flexibility index (Phi) is 6.18.